The van der Waals surface area contributed by atoms with Crippen LogP contribution < -0.4 is 0 Å². The first kappa shape index (κ1) is 15.0. The van der Waals surface area contributed by atoms with Crippen LogP contribution in [0.4, 0.5) is 0 Å². The molecule has 1 aliphatic heterocycles. The number of alkyl halides is 1. The minimum Gasteiger partial charge on any atom is -0.460 e. The van der Waals surface area contributed by atoms with E-state index in [4.69, 9.17) is 20.8 Å². The maximum absolute atomic E-state index is 11.1. The van der Waals surface area contributed by atoms with Crippen LogP contribution in [0.25, 0.3) is 0 Å². The van der Waals surface area contributed by atoms with Crippen LogP contribution in [0.1, 0.15) is 33.6 Å². The van der Waals surface area contributed by atoms with Gasteiger partial charge in [0.25, 0.3) is 0 Å². The fourth-order valence-corrected chi connectivity index (χ4v) is 3.28. The molecule has 100 valence electrons. The predicted molar refractivity (Wildman–Crippen MR) is 71.9 cm³/mol. The molecule has 0 aliphatic carbocycles. The third kappa shape index (κ3) is 3.70. The highest BCUT2D eigenvalue weighted by Crippen LogP contribution is 2.38. The normalized spacial score (nSPS) is 23.6. The molecule has 0 spiro atoms. The molecule has 1 heterocycles. The Balaban J connectivity index is 2.67. The minimum absolute atomic E-state index is 0.135. The van der Waals surface area contributed by atoms with E-state index >= 15 is 0 Å². The summed E-state index contributed by atoms with van der Waals surface area (Å²) in [6.07, 6.45) is 0.891. The Morgan fingerprint density at radius 3 is 2.47 bits per heavy atom. The summed E-state index contributed by atoms with van der Waals surface area (Å²) in [7, 11) is -1.85. The van der Waals surface area contributed by atoms with Crippen LogP contribution in [0.15, 0.2) is 0 Å². The second-order valence-corrected chi connectivity index (χ2v) is 11.2. The zero-order valence-electron chi connectivity index (χ0n) is 11.4. The quantitative estimate of drug-likeness (QED) is 0.450. The van der Waals surface area contributed by atoms with Gasteiger partial charge in [-0.15, -0.1) is 11.6 Å². The van der Waals surface area contributed by atoms with Gasteiger partial charge in [0.2, 0.25) is 0 Å². The zero-order chi connectivity index (χ0) is 13.3. The topological polar surface area (TPSA) is 35.5 Å². The first-order chi connectivity index (χ1) is 7.67. The summed E-state index contributed by atoms with van der Waals surface area (Å²) in [5.74, 6) is 0.244. The van der Waals surface area contributed by atoms with Crippen LogP contribution in [0.3, 0.4) is 0 Å². The highest BCUT2D eigenvalue weighted by molar-refractivity contribution is 6.74. The van der Waals surface area contributed by atoms with E-state index in [2.05, 4.69) is 33.9 Å². The molecule has 1 rings (SSSR count). The van der Waals surface area contributed by atoms with Gasteiger partial charge in [-0.1, -0.05) is 20.8 Å². The van der Waals surface area contributed by atoms with E-state index < -0.39 is 8.32 Å². The van der Waals surface area contributed by atoms with E-state index in [1.807, 2.05) is 0 Å². The maximum Gasteiger partial charge on any atom is 0.306 e. The molecule has 1 fully saturated rings. The van der Waals surface area contributed by atoms with Crippen molar-refractivity contribution in [2.24, 2.45) is 0 Å². The molecule has 5 heteroatoms. The SMILES string of the molecule is CC(C)(C)[Si](C)(C)O[C@@H](CCl)[C@@H]1CCC(=O)O1. The average Bonchev–Trinajstić information content (AvgIpc) is 2.59. The van der Waals surface area contributed by atoms with E-state index in [0.29, 0.717) is 12.3 Å². The molecule has 3 nitrogen and oxygen atoms in total. The number of esters is 1. The Morgan fingerprint density at radius 2 is 2.12 bits per heavy atom. The molecular weight excluding hydrogens is 256 g/mol. The third-order valence-electron chi connectivity index (χ3n) is 3.73. The largest absolute Gasteiger partial charge is 0.460 e. The summed E-state index contributed by atoms with van der Waals surface area (Å²) in [6.45, 7) is 10.9. The van der Waals surface area contributed by atoms with Gasteiger partial charge < -0.3 is 9.16 Å². The molecule has 0 saturated carbocycles. The number of rotatable bonds is 4. The van der Waals surface area contributed by atoms with Gasteiger partial charge in [0.1, 0.15) is 6.10 Å². The van der Waals surface area contributed by atoms with Crippen molar-refractivity contribution in [3.05, 3.63) is 0 Å². The lowest BCUT2D eigenvalue weighted by Gasteiger charge is -2.39. The van der Waals surface area contributed by atoms with Crippen LogP contribution >= 0.6 is 11.6 Å². The number of halogens is 1. The molecule has 1 saturated heterocycles. The van der Waals surface area contributed by atoms with Gasteiger partial charge >= 0.3 is 5.97 Å². The molecule has 17 heavy (non-hydrogen) atoms. The van der Waals surface area contributed by atoms with Crippen molar-refractivity contribution in [1.82, 2.24) is 0 Å². The first-order valence-corrected chi connectivity index (χ1v) is 9.55. The number of hydrogen-bond donors (Lipinski definition) is 0. The van der Waals surface area contributed by atoms with Gasteiger partial charge in [0, 0.05) is 6.42 Å². The van der Waals surface area contributed by atoms with E-state index in [1.165, 1.54) is 0 Å². The molecule has 0 aromatic carbocycles. The van der Waals surface area contributed by atoms with Gasteiger partial charge in [0.15, 0.2) is 8.32 Å². The first-order valence-electron chi connectivity index (χ1n) is 6.10. The van der Waals surface area contributed by atoms with Gasteiger partial charge in [-0.25, -0.2) is 0 Å². The number of cyclic esters (lactones) is 1. The van der Waals surface area contributed by atoms with Crippen LogP contribution in [0.5, 0.6) is 0 Å². The lowest BCUT2D eigenvalue weighted by molar-refractivity contribution is -0.144. The molecule has 0 unspecified atom stereocenters. The lowest BCUT2D eigenvalue weighted by atomic mass is 10.1. The van der Waals surface area contributed by atoms with Crippen LogP contribution in [-0.4, -0.2) is 32.4 Å². The summed E-state index contributed by atoms with van der Waals surface area (Å²) in [4.78, 5) is 11.1. The van der Waals surface area contributed by atoms with Crippen LogP contribution in [0.2, 0.25) is 18.1 Å². The molecule has 0 N–H and O–H groups in total. The van der Waals surface area contributed by atoms with Crippen molar-refractivity contribution in [3.8, 4) is 0 Å². The average molecular weight is 279 g/mol. The van der Waals surface area contributed by atoms with E-state index in [-0.39, 0.29) is 23.2 Å². The Morgan fingerprint density at radius 1 is 1.53 bits per heavy atom. The summed E-state index contributed by atoms with van der Waals surface area (Å²) in [5, 5.41) is 0.139. The molecule has 0 aromatic rings. The van der Waals surface area contributed by atoms with Crippen molar-refractivity contribution >= 4 is 25.9 Å². The Kier molecular flexibility index (Phi) is 4.66. The molecule has 0 amide bonds. The van der Waals surface area contributed by atoms with Crippen LogP contribution in [0, 0.1) is 0 Å². The van der Waals surface area contributed by atoms with Crippen molar-refractivity contribution in [1.29, 1.82) is 0 Å². The third-order valence-corrected chi connectivity index (χ3v) is 8.54. The highest BCUT2D eigenvalue weighted by atomic mass is 35.5. The Hall–Kier alpha value is -0.0631. The molecular formula is C12H23ClO3Si. The number of carbonyl (C=O) groups is 1. The predicted octanol–water partition coefficient (Wildman–Crippen LogP) is 3.32. The molecule has 0 aromatic heterocycles. The second-order valence-electron chi connectivity index (χ2n) is 6.14. The van der Waals surface area contributed by atoms with Gasteiger partial charge in [-0.2, -0.15) is 0 Å². The van der Waals surface area contributed by atoms with Gasteiger partial charge in [-0.05, 0) is 24.6 Å². The number of hydrogen-bond acceptors (Lipinski definition) is 3. The second kappa shape index (κ2) is 5.29. The van der Waals surface area contributed by atoms with Gasteiger partial charge in [0.05, 0.1) is 12.0 Å². The fraction of sp³-hybridized carbons (Fsp3) is 0.917. The lowest BCUT2D eigenvalue weighted by Crippen LogP contribution is -2.47. The minimum atomic E-state index is -1.85. The summed E-state index contributed by atoms with van der Waals surface area (Å²) < 4.78 is 11.5. The zero-order valence-corrected chi connectivity index (χ0v) is 13.1. The van der Waals surface area contributed by atoms with Crippen molar-refractivity contribution in [2.75, 3.05) is 5.88 Å². The van der Waals surface area contributed by atoms with E-state index in [0.717, 1.165) is 6.42 Å². The highest BCUT2D eigenvalue weighted by Gasteiger charge is 2.42. The molecule has 0 bridgehead atoms. The monoisotopic (exact) mass is 278 g/mol. The van der Waals surface area contributed by atoms with Crippen molar-refractivity contribution < 1.29 is 14.0 Å². The van der Waals surface area contributed by atoms with Crippen LogP contribution in [-0.2, 0) is 14.0 Å². The van der Waals surface area contributed by atoms with Crippen molar-refractivity contribution in [2.45, 2.75) is 64.0 Å². The molecule has 2 atom stereocenters. The maximum atomic E-state index is 11.1. The Labute approximate surface area is 110 Å². The smallest absolute Gasteiger partial charge is 0.306 e. The summed E-state index contributed by atoms with van der Waals surface area (Å²) in [5.41, 5.74) is 0. The summed E-state index contributed by atoms with van der Waals surface area (Å²) >= 11 is 5.96. The Bertz CT molecular complexity index is 286. The molecule has 0 radical (unpaired) electrons. The van der Waals surface area contributed by atoms with E-state index in [1.54, 1.807) is 0 Å². The standard InChI is InChI=1S/C12H23ClO3Si/c1-12(2,3)17(4,5)16-10(8-13)9-6-7-11(14)15-9/h9-10H,6-8H2,1-5H3/t9-,10-/m0/s1. The van der Waals surface area contributed by atoms with E-state index in [9.17, 15) is 4.79 Å². The summed E-state index contributed by atoms with van der Waals surface area (Å²) in [6, 6.07) is 0. The molecule has 1 aliphatic rings. The van der Waals surface area contributed by atoms with Crippen molar-refractivity contribution in [3.63, 3.8) is 0 Å². The number of ether oxygens (including phenoxy) is 1. The van der Waals surface area contributed by atoms with Gasteiger partial charge in [-0.3, -0.25) is 4.79 Å². The number of carbonyl (C=O) groups excluding carboxylic acids is 1. The fourth-order valence-electron chi connectivity index (χ4n) is 1.57.